The molecule has 1 N–H and O–H groups in total. The number of hydrogen-bond acceptors (Lipinski definition) is 2. The van der Waals surface area contributed by atoms with Gasteiger partial charge < -0.3 is 5.32 Å². The van der Waals surface area contributed by atoms with Gasteiger partial charge in [-0.1, -0.05) is 30.2 Å². The van der Waals surface area contributed by atoms with Crippen LogP contribution in [0.4, 0.5) is 0 Å². The molecule has 0 amide bonds. The molecule has 1 aliphatic heterocycles. The standard InChI is InChI=1S/C16H23ClN2/c17-14-5-3-4-13(10-14)12-19-9-2-1-6-16(19)11-18-15-7-8-15/h3-5,10,15-16,18H,1-2,6-9,11-12H2. The van der Waals surface area contributed by atoms with Gasteiger partial charge in [0.1, 0.15) is 0 Å². The first-order valence-electron chi connectivity index (χ1n) is 7.53. The van der Waals surface area contributed by atoms with E-state index in [1.807, 2.05) is 6.07 Å². The van der Waals surface area contributed by atoms with Crippen molar-refractivity contribution in [3.63, 3.8) is 0 Å². The largest absolute Gasteiger partial charge is 0.312 e. The Hall–Kier alpha value is -0.570. The quantitative estimate of drug-likeness (QED) is 0.888. The van der Waals surface area contributed by atoms with E-state index in [-0.39, 0.29) is 0 Å². The van der Waals surface area contributed by atoms with Crippen LogP contribution in [0.15, 0.2) is 24.3 Å². The van der Waals surface area contributed by atoms with Crippen LogP contribution in [0, 0.1) is 0 Å². The summed E-state index contributed by atoms with van der Waals surface area (Å²) in [6, 6.07) is 9.81. The van der Waals surface area contributed by atoms with Gasteiger partial charge in [0.25, 0.3) is 0 Å². The van der Waals surface area contributed by atoms with Crippen LogP contribution < -0.4 is 5.32 Å². The monoisotopic (exact) mass is 278 g/mol. The van der Waals surface area contributed by atoms with Crippen LogP contribution >= 0.6 is 11.6 Å². The van der Waals surface area contributed by atoms with Gasteiger partial charge >= 0.3 is 0 Å². The number of benzene rings is 1. The minimum atomic E-state index is 0.702. The first-order valence-corrected chi connectivity index (χ1v) is 7.91. The zero-order valence-electron chi connectivity index (χ0n) is 11.4. The summed E-state index contributed by atoms with van der Waals surface area (Å²) < 4.78 is 0. The molecule has 0 aromatic heterocycles. The van der Waals surface area contributed by atoms with Crippen LogP contribution in [-0.4, -0.2) is 30.1 Å². The van der Waals surface area contributed by atoms with Gasteiger partial charge in [0.2, 0.25) is 0 Å². The molecule has 1 heterocycles. The second-order valence-electron chi connectivity index (χ2n) is 5.93. The smallest absolute Gasteiger partial charge is 0.0409 e. The van der Waals surface area contributed by atoms with Crippen molar-refractivity contribution in [1.29, 1.82) is 0 Å². The predicted molar refractivity (Wildman–Crippen MR) is 80.5 cm³/mol. The fourth-order valence-corrected chi connectivity index (χ4v) is 3.17. The zero-order chi connectivity index (χ0) is 13.1. The molecule has 1 unspecified atom stereocenters. The Morgan fingerprint density at radius 3 is 2.89 bits per heavy atom. The molecule has 1 aromatic carbocycles. The van der Waals surface area contributed by atoms with Crippen LogP contribution in [0.5, 0.6) is 0 Å². The van der Waals surface area contributed by atoms with E-state index < -0.39 is 0 Å². The Morgan fingerprint density at radius 1 is 1.21 bits per heavy atom. The van der Waals surface area contributed by atoms with Gasteiger partial charge in [-0.3, -0.25) is 4.90 Å². The lowest BCUT2D eigenvalue weighted by atomic mass is 10.0. The fourth-order valence-electron chi connectivity index (χ4n) is 2.96. The summed E-state index contributed by atoms with van der Waals surface area (Å²) in [6.45, 7) is 3.42. The van der Waals surface area contributed by atoms with Gasteiger partial charge in [-0.2, -0.15) is 0 Å². The second kappa shape index (κ2) is 6.25. The molecule has 1 saturated carbocycles. The maximum Gasteiger partial charge on any atom is 0.0409 e. The van der Waals surface area contributed by atoms with Gasteiger partial charge in [0.05, 0.1) is 0 Å². The average molecular weight is 279 g/mol. The SMILES string of the molecule is Clc1cccc(CN2CCCCC2CNC2CC2)c1. The van der Waals surface area contributed by atoms with Gasteiger partial charge in [-0.15, -0.1) is 0 Å². The molecule has 1 saturated heterocycles. The molecule has 0 bridgehead atoms. The van der Waals surface area contributed by atoms with Crippen LogP contribution in [0.2, 0.25) is 5.02 Å². The highest BCUT2D eigenvalue weighted by Gasteiger charge is 2.26. The average Bonchev–Trinajstić information content (AvgIpc) is 3.22. The maximum absolute atomic E-state index is 6.08. The van der Waals surface area contributed by atoms with Crippen LogP contribution in [0.25, 0.3) is 0 Å². The number of nitrogens with one attached hydrogen (secondary N) is 1. The molecule has 0 radical (unpaired) electrons. The van der Waals surface area contributed by atoms with Crippen molar-refractivity contribution in [2.24, 2.45) is 0 Å². The molecule has 3 rings (SSSR count). The zero-order valence-corrected chi connectivity index (χ0v) is 12.2. The Kier molecular flexibility index (Phi) is 4.42. The lowest BCUT2D eigenvalue weighted by Crippen LogP contribution is -2.45. The second-order valence-corrected chi connectivity index (χ2v) is 6.37. The Balaban J connectivity index is 1.59. The Morgan fingerprint density at radius 2 is 2.11 bits per heavy atom. The van der Waals surface area contributed by atoms with Crippen LogP contribution in [0.3, 0.4) is 0 Å². The minimum absolute atomic E-state index is 0.702. The topological polar surface area (TPSA) is 15.3 Å². The summed E-state index contributed by atoms with van der Waals surface area (Å²) in [4.78, 5) is 2.63. The highest BCUT2D eigenvalue weighted by molar-refractivity contribution is 6.30. The van der Waals surface area contributed by atoms with Crippen molar-refractivity contribution in [3.05, 3.63) is 34.9 Å². The van der Waals surface area contributed by atoms with E-state index in [1.54, 1.807) is 0 Å². The highest BCUT2D eigenvalue weighted by atomic mass is 35.5. The summed E-state index contributed by atoms with van der Waals surface area (Å²) in [7, 11) is 0. The lowest BCUT2D eigenvalue weighted by molar-refractivity contribution is 0.137. The molecule has 2 aliphatic rings. The number of hydrogen-bond donors (Lipinski definition) is 1. The number of nitrogens with zero attached hydrogens (tertiary/aromatic N) is 1. The Bertz CT molecular complexity index is 417. The summed E-state index contributed by atoms with van der Waals surface area (Å²) in [5.74, 6) is 0. The summed E-state index contributed by atoms with van der Waals surface area (Å²) in [6.07, 6.45) is 6.80. The van der Waals surface area contributed by atoms with E-state index in [0.717, 1.165) is 24.2 Å². The van der Waals surface area contributed by atoms with E-state index >= 15 is 0 Å². The van der Waals surface area contributed by atoms with Crippen molar-refractivity contribution in [2.75, 3.05) is 13.1 Å². The van der Waals surface area contributed by atoms with Crippen molar-refractivity contribution >= 4 is 11.6 Å². The highest BCUT2D eigenvalue weighted by Crippen LogP contribution is 2.23. The summed E-state index contributed by atoms with van der Waals surface area (Å²) in [5.41, 5.74) is 1.34. The molecule has 2 fully saturated rings. The molecule has 1 aliphatic carbocycles. The number of halogens is 1. The molecule has 104 valence electrons. The van der Waals surface area contributed by atoms with E-state index in [4.69, 9.17) is 11.6 Å². The fraction of sp³-hybridized carbons (Fsp3) is 0.625. The number of likely N-dealkylation sites (tertiary alicyclic amines) is 1. The first-order chi connectivity index (χ1) is 9.31. The third-order valence-electron chi connectivity index (χ3n) is 4.24. The molecule has 1 aromatic rings. The predicted octanol–water partition coefficient (Wildman–Crippen LogP) is 3.45. The molecule has 2 nitrogen and oxygen atoms in total. The van der Waals surface area contributed by atoms with Crippen molar-refractivity contribution < 1.29 is 0 Å². The van der Waals surface area contributed by atoms with Crippen molar-refractivity contribution in [3.8, 4) is 0 Å². The van der Waals surface area contributed by atoms with Gasteiger partial charge in [0, 0.05) is 30.2 Å². The van der Waals surface area contributed by atoms with Crippen molar-refractivity contribution in [1.82, 2.24) is 10.2 Å². The summed E-state index contributed by atoms with van der Waals surface area (Å²) in [5, 5.41) is 4.53. The molecule has 19 heavy (non-hydrogen) atoms. The minimum Gasteiger partial charge on any atom is -0.312 e. The molecule has 0 spiro atoms. The number of rotatable bonds is 5. The van der Waals surface area contributed by atoms with Crippen LogP contribution in [-0.2, 0) is 6.54 Å². The normalized spacial score (nSPS) is 24.6. The Labute approximate surface area is 121 Å². The maximum atomic E-state index is 6.08. The van der Waals surface area contributed by atoms with E-state index in [2.05, 4.69) is 28.4 Å². The molecule has 3 heteroatoms. The third-order valence-corrected chi connectivity index (χ3v) is 4.48. The van der Waals surface area contributed by atoms with E-state index in [1.165, 1.54) is 44.2 Å². The van der Waals surface area contributed by atoms with Gasteiger partial charge in [0.15, 0.2) is 0 Å². The van der Waals surface area contributed by atoms with Gasteiger partial charge in [-0.25, -0.2) is 0 Å². The third kappa shape index (κ3) is 3.95. The first kappa shape index (κ1) is 13.4. The molecule has 1 atom stereocenters. The summed E-state index contributed by atoms with van der Waals surface area (Å²) >= 11 is 6.08. The molecular weight excluding hydrogens is 256 g/mol. The lowest BCUT2D eigenvalue weighted by Gasteiger charge is -2.36. The van der Waals surface area contributed by atoms with E-state index in [0.29, 0.717) is 6.04 Å². The molecular formula is C16H23ClN2. The van der Waals surface area contributed by atoms with E-state index in [9.17, 15) is 0 Å². The van der Waals surface area contributed by atoms with Crippen LogP contribution in [0.1, 0.15) is 37.7 Å². The van der Waals surface area contributed by atoms with Gasteiger partial charge in [-0.05, 0) is 49.9 Å². The number of piperidine rings is 1. The van der Waals surface area contributed by atoms with Crippen molar-refractivity contribution in [2.45, 2.75) is 50.7 Å².